The van der Waals surface area contributed by atoms with Crippen molar-refractivity contribution in [3.63, 3.8) is 0 Å². The molecule has 96 valence electrons. The molecular formula is C13H20ClNO2. The predicted octanol–water partition coefficient (Wildman–Crippen LogP) is 3.77. The van der Waals surface area contributed by atoms with Gasteiger partial charge in [-0.15, -0.1) is 0 Å². The van der Waals surface area contributed by atoms with Gasteiger partial charge in [-0.3, -0.25) is 0 Å². The minimum Gasteiger partial charge on any atom is -0.465 e. The van der Waals surface area contributed by atoms with Gasteiger partial charge in [-0.2, -0.15) is 0 Å². The molecule has 0 aliphatic rings. The van der Waals surface area contributed by atoms with E-state index in [0.29, 0.717) is 10.6 Å². The van der Waals surface area contributed by atoms with Crippen molar-refractivity contribution in [1.82, 2.24) is 4.57 Å². The number of rotatable bonds is 4. The molecule has 4 heteroatoms. The molecule has 1 rings (SSSR count). The normalized spacial score (nSPS) is 11.0. The second-order valence-electron chi connectivity index (χ2n) is 4.46. The van der Waals surface area contributed by atoms with Gasteiger partial charge in [0.25, 0.3) is 0 Å². The lowest BCUT2D eigenvalue weighted by atomic mass is 10.1. The minimum atomic E-state index is -0.357. The van der Waals surface area contributed by atoms with Crippen LogP contribution in [0.2, 0.25) is 5.02 Å². The number of carbonyl (C=O) groups is 1. The molecule has 1 aromatic rings. The molecule has 0 unspecified atom stereocenters. The fourth-order valence-electron chi connectivity index (χ4n) is 2.14. The smallest absolute Gasteiger partial charge is 0.341 e. The van der Waals surface area contributed by atoms with E-state index in [4.69, 9.17) is 16.3 Å². The average molecular weight is 258 g/mol. The monoisotopic (exact) mass is 257 g/mol. The molecule has 17 heavy (non-hydrogen) atoms. The van der Waals surface area contributed by atoms with Crippen LogP contribution in [0.15, 0.2) is 0 Å². The van der Waals surface area contributed by atoms with Gasteiger partial charge in [-0.05, 0) is 19.3 Å². The third-order valence-corrected chi connectivity index (χ3v) is 3.27. The molecule has 0 atom stereocenters. The number of halogens is 1. The number of hydrogen-bond acceptors (Lipinski definition) is 2. The molecule has 0 aliphatic heterocycles. The van der Waals surface area contributed by atoms with Crippen LogP contribution >= 0.6 is 11.6 Å². The third kappa shape index (κ3) is 2.49. The summed E-state index contributed by atoms with van der Waals surface area (Å²) in [6.07, 6.45) is 1.01. The SMILES string of the molecule is CCCn1c(C)c(C(=O)OC)c(Cl)c1C(C)C. The lowest BCUT2D eigenvalue weighted by Gasteiger charge is -2.13. The number of methoxy groups -OCH3 is 1. The summed E-state index contributed by atoms with van der Waals surface area (Å²) >= 11 is 6.32. The zero-order valence-electron chi connectivity index (χ0n) is 11.1. The van der Waals surface area contributed by atoms with Crippen LogP contribution in [-0.4, -0.2) is 17.6 Å². The van der Waals surface area contributed by atoms with Gasteiger partial charge in [-0.1, -0.05) is 32.4 Å². The Labute approximate surface area is 108 Å². The largest absolute Gasteiger partial charge is 0.465 e. The zero-order valence-corrected chi connectivity index (χ0v) is 11.9. The summed E-state index contributed by atoms with van der Waals surface area (Å²) in [5.74, 6) is -0.0737. The number of esters is 1. The molecule has 0 aliphatic carbocycles. The molecule has 0 bridgehead atoms. The summed E-state index contributed by atoms with van der Waals surface area (Å²) < 4.78 is 6.91. The van der Waals surface area contributed by atoms with E-state index in [1.807, 2.05) is 6.92 Å². The van der Waals surface area contributed by atoms with Gasteiger partial charge in [0.05, 0.1) is 17.7 Å². The van der Waals surface area contributed by atoms with Crippen molar-refractivity contribution in [3.8, 4) is 0 Å². The molecule has 3 nitrogen and oxygen atoms in total. The van der Waals surface area contributed by atoms with Crippen LogP contribution in [0, 0.1) is 6.92 Å². The quantitative estimate of drug-likeness (QED) is 0.769. The van der Waals surface area contributed by atoms with Gasteiger partial charge in [0.2, 0.25) is 0 Å². The predicted molar refractivity (Wildman–Crippen MR) is 69.9 cm³/mol. The van der Waals surface area contributed by atoms with Crippen LogP contribution in [0.3, 0.4) is 0 Å². The maximum atomic E-state index is 11.7. The Kier molecular flexibility index (Phi) is 4.63. The highest BCUT2D eigenvalue weighted by atomic mass is 35.5. The third-order valence-electron chi connectivity index (χ3n) is 2.89. The summed E-state index contributed by atoms with van der Waals surface area (Å²) in [5, 5.41) is 0.540. The van der Waals surface area contributed by atoms with Crippen molar-refractivity contribution in [2.45, 2.75) is 46.6 Å². The van der Waals surface area contributed by atoms with Crippen LogP contribution in [0.25, 0.3) is 0 Å². The van der Waals surface area contributed by atoms with E-state index >= 15 is 0 Å². The van der Waals surface area contributed by atoms with Gasteiger partial charge in [0, 0.05) is 17.9 Å². The van der Waals surface area contributed by atoms with Crippen LogP contribution in [0.5, 0.6) is 0 Å². The molecule has 0 saturated carbocycles. The zero-order chi connectivity index (χ0) is 13.2. The van der Waals surface area contributed by atoms with Gasteiger partial charge in [0.15, 0.2) is 0 Å². The van der Waals surface area contributed by atoms with Crippen molar-refractivity contribution >= 4 is 17.6 Å². The van der Waals surface area contributed by atoms with Crippen LogP contribution in [-0.2, 0) is 11.3 Å². The van der Waals surface area contributed by atoms with Crippen LogP contribution in [0.1, 0.15) is 54.9 Å². The van der Waals surface area contributed by atoms with E-state index in [-0.39, 0.29) is 11.9 Å². The Balaban J connectivity index is 3.44. The first-order valence-corrected chi connectivity index (χ1v) is 6.30. The summed E-state index contributed by atoms with van der Waals surface area (Å²) in [7, 11) is 1.38. The second-order valence-corrected chi connectivity index (χ2v) is 4.84. The molecule has 0 amide bonds. The first kappa shape index (κ1) is 14.1. The first-order valence-electron chi connectivity index (χ1n) is 5.92. The molecule has 0 fully saturated rings. The fourth-order valence-corrected chi connectivity index (χ4v) is 2.67. The molecule has 0 radical (unpaired) electrons. The Bertz CT molecular complexity index is 422. The average Bonchev–Trinajstić information content (AvgIpc) is 2.51. The van der Waals surface area contributed by atoms with Crippen molar-refractivity contribution in [3.05, 3.63) is 22.0 Å². The number of carbonyl (C=O) groups excluding carboxylic acids is 1. The summed E-state index contributed by atoms with van der Waals surface area (Å²) in [6.45, 7) is 9.05. The maximum absolute atomic E-state index is 11.7. The summed E-state index contributed by atoms with van der Waals surface area (Å²) in [4.78, 5) is 11.7. The van der Waals surface area contributed by atoms with Crippen LogP contribution in [0.4, 0.5) is 0 Å². The van der Waals surface area contributed by atoms with Crippen LogP contribution < -0.4 is 0 Å². The van der Waals surface area contributed by atoms with Gasteiger partial charge in [-0.25, -0.2) is 4.79 Å². The van der Waals surface area contributed by atoms with Crippen molar-refractivity contribution < 1.29 is 9.53 Å². The van der Waals surface area contributed by atoms with Gasteiger partial charge in [0.1, 0.15) is 0 Å². The Hall–Kier alpha value is -0.960. The maximum Gasteiger partial charge on any atom is 0.341 e. The highest BCUT2D eigenvalue weighted by Crippen LogP contribution is 2.33. The molecule has 0 saturated heterocycles. The Morgan fingerprint density at radius 3 is 2.47 bits per heavy atom. The Morgan fingerprint density at radius 2 is 2.06 bits per heavy atom. The Morgan fingerprint density at radius 1 is 1.47 bits per heavy atom. The van der Waals surface area contributed by atoms with Gasteiger partial charge >= 0.3 is 5.97 Å². The summed E-state index contributed by atoms with van der Waals surface area (Å²) in [6, 6.07) is 0. The molecular weight excluding hydrogens is 238 g/mol. The topological polar surface area (TPSA) is 31.2 Å². The van der Waals surface area contributed by atoms with E-state index in [0.717, 1.165) is 24.4 Å². The van der Waals surface area contributed by atoms with E-state index in [1.54, 1.807) is 0 Å². The lowest BCUT2D eigenvalue weighted by molar-refractivity contribution is 0.0600. The van der Waals surface area contributed by atoms with E-state index in [1.165, 1.54) is 7.11 Å². The highest BCUT2D eigenvalue weighted by Gasteiger charge is 2.25. The first-order chi connectivity index (χ1) is 7.95. The number of hydrogen-bond donors (Lipinski definition) is 0. The van der Waals surface area contributed by atoms with Crippen molar-refractivity contribution in [2.24, 2.45) is 0 Å². The standard InChI is InChI=1S/C13H20ClNO2/c1-6-7-15-9(4)10(13(16)17-5)11(14)12(15)8(2)3/h8H,6-7H2,1-5H3. The van der Waals surface area contributed by atoms with Gasteiger partial charge < -0.3 is 9.30 Å². The molecule has 0 aromatic carbocycles. The van der Waals surface area contributed by atoms with Crippen molar-refractivity contribution in [1.29, 1.82) is 0 Å². The van der Waals surface area contributed by atoms with E-state index in [9.17, 15) is 4.79 Å². The number of ether oxygens (including phenoxy) is 1. The molecule has 0 spiro atoms. The lowest BCUT2D eigenvalue weighted by Crippen LogP contribution is -2.07. The molecule has 1 aromatic heterocycles. The van der Waals surface area contributed by atoms with E-state index in [2.05, 4.69) is 25.3 Å². The minimum absolute atomic E-state index is 0.283. The molecule has 0 N–H and O–H groups in total. The van der Waals surface area contributed by atoms with E-state index < -0.39 is 0 Å². The number of aromatic nitrogens is 1. The fraction of sp³-hybridized carbons (Fsp3) is 0.615. The second kappa shape index (κ2) is 5.58. The van der Waals surface area contributed by atoms with Crippen molar-refractivity contribution in [2.75, 3.05) is 7.11 Å². The molecule has 1 heterocycles. The highest BCUT2D eigenvalue weighted by molar-refractivity contribution is 6.34. The number of nitrogens with zero attached hydrogens (tertiary/aromatic N) is 1. The summed E-state index contributed by atoms with van der Waals surface area (Å²) in [5.41, 5.74) is 2.42.